The first-order valence-corrected chi connectivity index (χ1v) is 2.57. The topological polar surface area (TPSA) is 50.4 Å². The fourth-order valence-corrected chi connectivity index (χ4v) is 0.513. The van der Waals surface area contributed by atoms with Gasteiger partial charge >= 0.3 is 0 Å². The monoisotopic (exact) mass is 111 g/mol. The molecule has 1 rings (SSSR count). The van der Waals surface area contributed by atoms with E-state index in [-0.39, 0.29) is 6.04 Å². The second kappa shape index (κ2) is 2.47. The van der Waals surface area contributed by atoms with Crippen molar-refractivity contribution in [2.24, 2.45) is 10.7 Å². The summed E-state index contributed by atoms with van der Waals surface area (Å²) in [6.45, 7) is 0.778. The first-order valence-electron chi connectivity index (χ1n) is 2.57. The van der Waals surface area contributed by atoms with Crippen molar-refractivity contribution in [2.45, 2.75) is 6.04 Å². The van der Waals surface area contributed by atoms with Crippen LogP contribution >= 0.6 is 0 Å². The molecular formula is C5H9N3. The molecule has 3 N–H and O–H groups in total. The maximum atomic E-state index is 5.48. The number of nitrogens with one attached hydrogen (secondary N) is 1. The quantitative estimate of drug-likeness (QED) is 0.441. The van der Waals surface area contributed by atoms with Crippen LogP contribution in [0.4, 0.5) is 0 Å². The van der Waals surface area contributed by atoms with Crippen LogP contribution < -0.4 is 11.1 Å². The highest BCUT2D eigenvalue weighted by atomic mass is 14.9. The van der Waals surface area contributed by atoms with E-state index in [1.54, 1.807) is 18.6 Å². The first-order chi connectivity index (χ1) is 3.89. The van der Waals surface area contributed by atoms with Crippen LogP contribution in [0.5, 0.6) is 0 Å². The molecule has 1 unspecified atom stereocenters. The Balaban J connectivity index is 2.46. The lowest BCUT2D eigenvalue weighted by Gasteiger charge is -2.00. The van der Waals surface area contributed by atoms with Crippen molar-refractivity contribution in [1.29, 1.82) is 0 Å². The Bertz CT molecular complexity index is 117. The highest BCUT2D eigenvalue weighted by Gasteiger charge is 1.95. The zero-order valence-corrected chi connectivity index (χ0v) is 4.54. The molecular weight excluding hydrogens is 102 g/mol. The number of aliphatic imine (C=N–C) groups is 1. The van der Waals surface area contributed by atoms with Crippen LogP contribution in [0.25, 0.3) is 0 Å². The van der Waals surface area contributed by atoms with Gasteiger partial charge in [0.1, 0.15) is 0 Å². The van der Waals surface area contributed by atoms with Crippen molar-refractivity contribution in [1.82, 2.24) is 5.32 Å². The molecule has 0 aromatic carbocycles. The lowest BCUT2D eigenvalue weighted by atomic mass is 10.3. The fourth-order valence-electron chi connectivity index (χ4n) is 0.513. The molecule has 0 bridgehead atoms. The predicted molar refractivity (Wildman–Crippen MR) is 33.6 cm³/mol. The van der Waals surface area contributed by atoms with Crippen LogP contribution in [0.1, 0.15) is 0 Å². The third-order valence-corrected chi connectivity index (χ3v) is 0.910. The normalized spacial score (nSPS) is 26.9. The van der Waals surface area contributed by atoms with Crippen molar-refractivity contribution in [3.8, 4) is 0 Å². The van der Waals surface area contributed by atoms with E-state index in [0.29, 0.717) is 0 Å². The van der Waals surface area contributed by atoms with Crippen molar-refractivity contribution in [2.75, 3.05) is 6.54 Å². The molecule has 3 heteroatoms. The highest BCUT2D eigenvalue weighted by Crippen LogP contribution is 1.79. The third kappa shape index (κ3) is 1.35. The molecule has 0 saturated carbocycles. The molecule has 1 aliphatic heterocycles. The summed E-state index contributed by atoms with van der Waals surface area (Å²) >= 11 is 0. The molecule has 0 radical (unpaired) electrons. The van der Waals surface area contributed by atoms with Crippen LogP contribution in [-0.2, 0) is 0 Å². The van der Waals surface area contributed by atoms with Crippen molar-refractivity contribution in [3.63, 3.8) is 0 Å². The summed E-state index contributed by atoms with van der Waals surface area (Å²) in [7, 11) is 0. The summed E-state index contributed by atoms with van der Waals surface area (Å²) in [5, 5.41) is 2.97. The third-order valence-electron chi connectivity index (χ3n) is 0.910. The summed E-state index contributed by atoms with van der Waals surface area (Å²) in [5.74, 6) is 0. The van der Waals surface area contributed by atoms with E-state index < -0.39 is 0 Å². The highest BCUT2D eigenvalue weighted by molar-refractivity contribution is 5.65. The van der Waals surface area contributed by atoms with Crippen molar-refractivity contribution < 1.29 is 0 Å². The van der Waals surface area contributed by atoms with Gasteiger partial charge in [0.2, 0.25) is 0 Å². The SMILES string of the molecule is NC1C=NC=CNC1. The maximum absolute atomic E-state index is 5.48. The minimum absolute atomic E-state index is 0.0602. The van der Waals surface area contributed by atoms with Gasteiger partial charge in [0.25, 0.3) is 0 Å². The largest absolute Gasteiger partial charge is 0.388 e. The van der Waals surface area contributed by atoms with Gasteiger partial charge < -0.3 is 11.1 Å². The molecule has 0 saturated heterocycles. The lowest BCUT2D eigenvalue weighted by Crippen LogP contribution is -2.31. The van der Waals surface area contributed by atoms with Crippen LogP contribution in [-0.4, -0.2) is 18.8 Å². The van der Waals surface area contributed by atoms with Crippen LogP contribution in [0.15, 0.2) is 17.4 Å². The van der Waals surface area contributed by atoms with Crippen molar-refractivity contribution >= 4 is 6.21 Å². The molecule has 0 aromatic rings. The molecule has 0 spiro atoms. The van der Waals surface area contributed by atoms with E-state index in [1.165, 1.54) is 0 Å². The van der Waals surface area contributed by atoms with E-state index in [9.17, 15) is 0 Å². The van der Waals surface area contributed by atoms with Gasteiger partial charge in [-0.3, -0.25) is 4.99 Å². The van der Waals surface area contributed by atoms with E-state index in [4.69, 9.17) is 5.73 Å². The maximum Gasteiger partial charge on any atom is 0.0574 e. The minimum Gasteiger partial charge on any atom is -0.388 e. The Hall–Kier alpha value is -0.830. The summed E-state index contributed by atoms with van der Waals surface area (Å²) in [6.07, 6.45) is 5.19. The van der Waals surface area contributed by atoms with Crippen LogP contribution in [0, 0.1) is 0 Å². The van der Waals surface area contributed by atoms with Gasteiger partial charge in [0, 0.05) is 25.2 Å². The zero-order valence-electron chi connectivity index (χ0n) is 4.54. The zero-order chi connectivity index (χ0) is 5.82. The Kier molecular flexibility index (Phi) is 1.64. The predicted octanol–water partition coefficient (Wildman–Crippen LogP) is -0.541. The molecule has 0 amide bonds. The number of nitrogens with zero attached hydrogens (tertiary/aromatic N) is 1. The number of hydrogen-bond donors (Lipinski definition) is 2. The fraction of sp³-hybridized carbons (Fsp3) is 0.400. The first kappa shape index (κ1) is 5.31. The summed E-state index contributed by atoms with van der Waals surface area (Å²) in [6, 6.07) is 0.0602. The lowest BCUT2D eigenvalue weighted by molar-refractivity contribution is 0.783. The molecule has 44 valence electrons. The van der Waals surface area contributed by atoms with E-state index in [0.717, 1.165) is 6.54 Å². The molecule has 3 nitrogen and oxygen atoms in total. The molecule has 0 aliphatic carbocycles. The number of rotatable bonds is 0. The van der Waals surface area contributed by atoms with Gasteiger partial charge in [0.15, 0.2) is 0 Å². The molecule has 1 atom stereocenters. The van der Waals surface area contributed by atoms with Gasteiger partial charge in [-0.2, -0.15) is 0 Å². The second-order valence-electron chi connectivity index (χ2n) is 1.69. The smallest absolute Gasteiger partial charge is 0.0574 e. The second-order valence-corrected chi connectivity index (χ2v) is 1.69. The average molecular weight is 111 g/mol. The van der Waals surface area contributed by atoms with E-state index >= 15 is 0 Å². The minimum atomic E-state index is 0.0602. The van der Waals surface area contributed by atoms with E-state index in [1.807, 2.05) is 0 Å². The van der Waals surface area contributed by atoms with Gasteiger partial charge in [-0.1, -0.05) is 0 Å². The van der Waals surface area contributed by atoms with Crippen LogP contribution in [0.2, 0.25) is 0 Å². The van der Waals surface area contributed by atoms with Gasteiger partial charge in [0.05, 0.1) is 6.04 Å². The van der Waals surface area contributed by atoms with E-state index in [2.05, 4.69) is 10.3 Å². The standard InChI is InChI=1S/C5H9N3/c6-5-3-7-1-2-8-4-5/h1-3,5,8H,4,6H2. The van der Waals surface area contributed by atoms with Gasteiger partial charge in [-0.15, -0.1) is 0 Å². The summed E-state index contributed by atoms with van der Waals surface area (Å²) in [4.78, 5) is 3.86. The molecule has 0 aromatic heterocycles. The van der Waals surface area contributed by atoms with Crippen LogP contribution in [0.3, 0.4) is 0 Å². The molecule has 0 fully saturated rings. The Morgan fingerprint density at radius 1 is 1.75 bits per heavy atom. The summed E-state index contributed by atoms with van der Waals surface area (Å²) in [5.41, 5.74) is 5.48. The Labute approximate surface area is 48.3 Å². The molecule has 1 heterocycles. The molecule has 8 heavy (non-hydrogen) atoms. The molecule has 1 aliphatic rings. The van der Waals surface area contributed by atoms with Gasteiger partial charge in [-0.05, 0) is 0 Å². The van der Waals surface area contributed by atoms with Crippen molar-refractivity contribution in [3.05, 3.63) is 12.4 Å². The van der Waals surface area contributed by atoms with Gasteiger partial charge in [-0.25, -0.2) is 0 Å². The summed E-state index contributed by atoms with van der Waals surface area (Å²) < 4.78 is 0. The Morgan fingerprint density at radius 2 is 2.62 bits per heavy atom. The Morgan fingerprint density at radius 3 is 3.50 bits per heavy atom. The number of nitrogens with two attached hydrogens (primary N) is 1. The number of hydrogen-bond acceptors (Lipinski definition) is 3. The average Bonchev–Trinajstić information content (AvgIpc) is 1.94.